The molecule has 0 bridgehead atoms. The molecule has 1 aromatic rings. The molecular formula is C17H24N2O5. The molecule has 0 saturated carbocycles. The maximum absolute atomic E-state index is 12.5. The first kappa shape index (κ1) is 19.6. The van der Waals surface area contributed by atoms with Crippen molar-refractivity contribution in [3.63, 3.8) is 0 Å². The highest BCUT2D eigenvalue weighted by molar-refractivity contribution is 6.07. The second kappa shape index (κ2) is 8.44. The molecule has 1 rings (SSSR count). The number of hydrogen-bond acceptors (Lipinski definition) is 5. The van der Waals surface area contributed by atoms with Crippen molar-refractivity contribution in [1.29, 1.82) is 0 Å². The molecule has 0 aliphatic rings. The Balaban J connectivity index is 3.26. The second-order valence-corrected chi connectivity index (χ2v) is 5.72. The zero-order chi connectivity index (χ0) is 18.3. The van der Waals surface area contributed by atoms with Crippen molar-refractivity contribution < 1.29 is 24.2 Å². The van der Waals surface area contributed by atoms with Crippen LogP contribution in [0, 0.1) is 0 Å². The zero-order valence-electron chi connectivity index (χ0n) is 14.2. The fourth-order valence-corrected chi connectivity index (χ4v) is 2.22. The van der Waals surface area contributed by atoms with Gasteiger partial charge in [0.05, 0.1) is 6.10 Å². The van der Waals surface area contributed by atoms with Crippen LogP contribution in [0.4, 0.5) is 0 Å². The first-order valence-corrected chi connectivity index (χ1v) is 7.76. The van der Waals surface area contributed by atoms with Crippen molar-refractivity contribution in [2.75, 3.05) is 0 Å². The van der Waals surface area contributed by atoms with E-state index in [9.17, 15) is 19.5 Å². The summed E-state index contributed by atoms with van der Waals surface area (Å²) < 4.78 is 5.20. The van der Waals surface area contributed by atoms with Gasteiger partial charge in [0.15, 0.2) is 0 Å². The lowest BCUT2D eigenvalue weighted by Crippen LogP contribution is -2.62. The third kappa shape index (κ3) is 4.79. The first-order chi connectivity index (χ1) is 11.2. The average molecular weight is 336 g/mol. The minimum absolute atomic E-state index is 0.231. The SMILES string of the molecule is CCC(C)OC(=O)C(Cc1cccc(CN)c1)(NC(C)=O)C(=O)O. The Morgan fingerprint density at radius 2 is 1.96 bits per heavy atom. The number of nitrogens with one attached hydrogen (secondary N) is 1. The van der Waals surface area contributed by atoms with Crippen LogP contribution in [0.1, 0.15) is 38.3 Å². The summed E-state index contributed by atoms with van der Waals surface area (Å²) in [4.78, 5) is 35.9. The number of rotatable bonds is 8. The predicted octanol–water partition coefficient (Wildman–Crippen LogP) is 0.989. The fourth-order valence-electron chi connectivity index (χ4n) is 2.22. The Labute approximate surface area is 141 Å². The molecule has 2 unspecified atom stereocenters. The molecule has 0 saturated heterocycles. The van der Waals surface area contributed by atoms with E-state index in [1.54, 1.807) is 31.2 Å². The molecule has 0 aromatic heterocycles. The second-order valence-electron chi connectivity index (χ2n) is 5.72. The van der Waals surface area contributed by atoms with Gasteiger partial charge in [-0.3, -0.25) is 4.79 Å². The maximum atomic E-state index is 12.5. The van der Waals surface area contributed by atoms with E-state index in [0.29, 0.717) is 12.0 Å². The molecule has 2 atom stereocenters. The number of esters is 1. The van der Waals surface area contributed by atoms with Gasteiger partial charge in [0.25, 0.3) is 0 Å². The van der Waals surface area contributed by atoms with Crippen LogP contribution < -0.4 is 11.1 Å². The normalized spacial score (nSPS) is 14.3. The molecule has 7 nitrogen and oxygen atoms in total. The van der Waals surface area contributed by atoms with Gasteiger partial charge in [0.2, 0.25) is 11.4 Å². The molecule has 1 amide bonds. The number of ether oxygens (including phenoxy) is 1. The van der Waals surface area contributed by atoms with Gasteiger partial charge in [-0.25, -0.2) is 9.59 Å². The number of carboxylic acids is 1. The first-order valence-electron chi connectivity index (χ1n) is 7.76. The third-order valence-electron chi connectivity index (χ3n) is 3.68. The summed E-state index contributed by atoms with van der Waals surface area (Å²) in [6, 6.07) is 6.89. The number of nitrogens with two attached hydrogens (primary N) is 1. The molecule has 132 valence electrons. The molecular weight excluding hydrogens is 312 g/mol. The van der Waals surface area contributed by atoms with Crippen molar-refractivity contribution in [3.8, 4) is 0 Å². The number of hydrogen-bond donors (Lipinski definition) is 3. The van der Waals surface area contributed by atoms with Crippen molar-refractivity contribution >= 4 is 17.8 Å². The van der Waals surface area contributed by atoms with Gasteiger partial charge in [-0.1, -0.05) is 31.2 Å². The van der Waals surface area contributed by atoms with Gasteiger partial charge >= 0.3 is 11.9 Å². The van der Waals surface area contributed by atoms with Gasteiger partial charge in [0.1, 0.15) is 0 Å². The Hall–Kier alpha value is -2.41. The Bertz CT molecular complexity index is 617. The number of carboxylic acid groups (broad SMARTS) is 1. The summed E-state index contributed by atoms with van der Waals surface area (Å²) in [7, 11) is 0. The largest absolute Gasteiger partial charge is 0.479 e. The van der Waals surface area contributed by atoms with Gasteiger partial charge in [-0.2, -0.15) is 0 Å². The van der Waals surface area contributed by atoms with Crippen molar-refractivity contribution in [2.24, 2.45) is 5.73 Å². The lowest BCUT2D eigenvalue weighted by atomic mass is 9.89. The van der Waals surface area contributed by atoms with Gasteiger partial charge in [0, 0.05) is 19.9 Å². The van der Waals surface area contributed by atoms with E-state index in [2.05, 4.69) is 5.32 Å². The van der Waals surface area contributed by atoms with Crippen LogP contribution in [-0.4, -0.2) is 34.6 Å². The third-order valence-corrected chi connectivity index (χ3v) is 3.68. The van der Waals surface area contributed by atoms with Crippen LogP contribution in [0.15, 0.2) is 24.3 Å². The maximum Gasteiger partial charge on any atom is 0.344 e. The van der Waals surface area contributed by atoms with Gasteiger partial charge in [-0.05, 0) is 24.5 Å². The van der Waals surface area contributed by atoms with E-state index in [1.165, 1.54) is 0 Å². The molecule has 24 heavy (non-hydrogen) atoms. The van der Waals surface area contributed by atoms with Crippen LogP contribution in [0.2, 0.25) is 0 Å². The molecule has 0 heterocycles. The summed E-state index contributed by atoms with van der Waals surface area (Å²) in [5.74, 6) is -3.09. The summed E-state index contributed by atoms with van der Waals surface area (Å²) in [5, 5.41) is 11.9. The van der Waals surface area contributed by atoms with Crippen LogP contribution in [-0.2, 0) is 32.1 Å². The smallest absolute Gasteiger partial charge is 0.344 e. The zero-order valence-corrected chi connectivity index (χ0v) is 14.2. The van der Waals surface area contributed by atoms with Crippen LogP contribution in [0.25, 0.3) is 0 Å². The van der Waals surface area contributed by atoms with E-state index < -0.39 is 29.5 Å². The van der Waals surface area contributed by atoms with Crippen molar-refractivity contribution in [3.05, 3.63) is 35.4 Å². The molecule has 1 aromatic carbocycles. The van der Waals surface area contributed by atoms with Crippen LogP contribution in [0.5, 0.6) is 0 Å². The predicted molar refractivity (Wildman–Crippen MR) is 88.1 cm³/mol. The minimum atomic E-state index is -2.18. The van der Waals surface area contributed by atoms with Crippen molar-refractivity contribution in [1.82, 2.24) is 5.32 Å². The van der Waals surface area contributed by atoms with Gasteiger partial charge < -0.3 is 20.9 Å². The summed E-state index contributed by atoms with van der Waals surface area (Å²) in [6.45, 7) is 4.91. The number of carbonyl (C=O) groups is 3. The molecule has 0 spiro atoms. The van der Waals surface area contributed by atoms with Crippen LogP contribution >= 0.6 is 0 Å². The fraction of sp³-hybridized carbons (Fsp3) is 0.471. The highest BCUT2D eigenvalue weighted by atomic mass is 16.5. The highest BCUT2D eigenvalue weighted by Crippen LogP contribution is 2.19. The van der Waals surface area contributed by atoms with E-state index in [1.807, 2.05) is 6.92 Å². The lowest BCUT2D eigenvalue weighted by molar-refractivity contribution is -0.168. The Kier molecular flexibility index (Phi) is 6.91. The van der Waals surface area contributed by atoms with Gasteiger partial charge in [-0.15, -0.1) is 0 Å². The van der Waals surface area contributed by atoms with E-state index in [0.717, 1.165) is 12.5 Å². The number of aliphatic carboxylic acids is 1. The standard InChI is InChI=1S/C17H24N2O5/c1-4-11(2)24-16(23)17(15(21)22,19-12(3)20)9-13-6-5-7-14(8-13)10-18/h5-8,11H,4,9-10,18H2,1-3H3,(H,19,20)(H,21,22). The van der Waals surface area contributed by atoms with E-state index in [4.69, 9.17) is 10.5 Å². The molecule has 4 N–H and O–H groups in total. The summed E-state index contributed by atoms with van der Waals surface area (Å²) >= 11 is 0. The number of amides is 1. The molecule has 0 fully saturated rings. The topological polar surface area (TPSA) is 119 Å². The average Bonchev–Trinajstić information content (AvgIpc) is 2.53. The number of benzene rings is 1. The summed E-state index contributed by atoms with van der Waals surface area (Å²) in [6.07, 6.45) is -0.157. The quantitative estimate of drug-likeness (QED) is 0.481. The lowest BCUT2D eigenvalue weighted by Gasteiger charge is -2.29. The monoisotopic (exact) mass is 336 g/mol. The van der Waals surface area contributed by atoms with Crippen LogP contribution in [0.3, 0.4) is 0 Å². The summed E-state index contributed by atoms with van der Waals surface area (Å²) in [5.41, 5.74) is 4.77. The Morgan fingerprint density at radius 1 is 1.33 bits per heavy atom. The molecule has 0 aliphatic carbocycles. The minimum Gasteiger partial charge on any atom is -0.479 e. The van der Waals surface area contributed by atoms with E-state index in [-0.39, 0.29) is 13.0 Å². The number of carbonyl (C=O) groups excluding carboxylic acids is 2. The van der Waals surface area contributed by atoms with Crippen molar-refractivity contribution in [2.45, 2.75) is 51.8 Å². The molecule has 7 heteroatoms. The molecule has 0 radical (unpaired) electrons. The Morgan fingerprint density at radius 3 is 2.46 bits per heavy atom. The highest BCUT2D eigenvalue weighted by Gasteiger charge is 2.49. The molecule has 0 aliphatic heterocycles. The van der Waals surface area contributed by atoms with E-state index >= 15 is 0 Å².